The van der Waals surface area contributed by atoms with Crippen LogP contribution in [0.3, 0.4) is 0 Å². The lowest BCUT2D eigenvalue weighted by Gasteiger charge is -2.24. The number of anilines is 1. The highest BCUT2D eigenvalue weighted by molar-refractivity contribution is 5.89. The van der Waals surface area contributed by atoms with Crippen LogP contribution in [0.4, 0.5) is 10.1 Å². The molecule has 3 rings (SSSR count). The summed E-state index contributed by atoms with van der Waals surface area (Å²) in [4.78, 5) is 7.06. The van der Waals surface area contributed by atoms with Gasteiger partial charge in [0, 0.05) is 24.5 Å². The van der Waals surface area contributed by atoms with Crippen molar-refractivity contribution < 1.29 is 4.39 Å². The van der Waals surface area contributed by atoms with E-state index < -0.39 is 0 Å². The molecule has 23 heavy (non-hydrogen) atoms. The van der Waals surface area contributed by atoms with Crippen LogP contribution in [-0.4, -0.2) is 18.6 Å². The Kier molecular flexibility index (Phi) is 4.28. The minimum atomic E-state index is -0.230. The average molecular weight is 308 g/mol. The van der Waals surface area contributed by atoms with E-state index in [4.69, 9.17) is 4.98 Å². The van der Waals surface area contributed by atoms with Gasteiger partial charge in [-0.15, -0.1) is 0 Å². The molecule has 3 heteroatoms. The van der Waals surface area contributed by atoms with Crippen molar-refractivity contribution in [3.05, 3.63) is 60.4 Å². The van der Waals surface area contributed by atoms with E-state index in [1.54, 1.807) is 12.1 Å². The van der Waals surface area contributed by atoms with Gasteiger partial charge in [-0.3, -0.25) is 0 Å². The Balaban J connectivity index is 2.18. The topological polar surface area (TPSA) is 16.1 Å². The van der Waals surface area contributed by atoms with Crippen molar-refractivity contribution in [2.75, 3.05) is 18.5 Å². The molecule has 0 aliphatic heterocycles. The van der Waals surface area contributed by atoms with Gasteiger partial charge in [0.1, 0.15) is 5.82 Å². The monoisotopic (exact) mass is 308 g/mol. The van der Waals surface area contributed by atoms with Gasteiger partial charge < -0.3 is 4.90 Å². The number of rotatable bonds is 4. The Morgan fingerprint density at radius 3 is 2.43 bits per heavy atom. The summed E-state index contributed by atoms with van der Waals surface area (Å²) < 4.78 is 13.3. The van der Waals surface area contributed by atoms with E-state index in [1.807, 2.05) is 18.2 Å². The predicted molar refractivity (Wildman–Crippen MR) is 95.2 cm³/mol. The smallest absolute Gasteiger partial charge is 0.123 e. The first-order chi connectivity index (χ1) is 11.0. The lowest BCUT2D eigenvalue weighted by Crippen LogP contribution is -2.23. The third kappa shape index (κ3) is 3.34. The minimum Gasteiger partial charge on any atom is -0.373 e. The van der Waals surface area contributed by atoms with Crippen molar-refractivity contribution in [1.82, 2.24) is 4.98 Å². The summed E-state index contributed by atoms with van der Waals surface area (Å²) in [5, 5.41) is 1.11. The van der Waals surface area contributed by atoms with Gasteiger partial charge in [0.05, 0.1) is 16.9 Å². The Labute approximate surface area is 136 Å². The maximum absolute atomic E-state index is 13.3. The summed E-state index contributed by atoms with van der Waals surface area (Å²) in [6.45, 7) is 5.33. The molecule has 0 aliphatic rings. The van der Waals surface area contributed by atoms with Crippen LogP contribution in [0.5, 0.6) is 0 Å². The zero-order valence-electron chi connectivity index (χ0n) is 13.8. The number of para-hydroxylation sites is 1. The number of benzene rings is 2. The van der Waals surface area contributed by atoms with Gasteiger partial charge in [0.15, 0.2) is 0 Å². The second kappa shape index (κ2) is 6.37. The molecule has 3 aromatic rings. The van der Waals surface area contributed by atoms with Crippen molar-refractivity contribution in [2.45, 2.75) is 13.8 Å². The van der Waals surface area contributed by atoms with E-state index in [2.05, 4.69) is 37.9 Å². The van der Waals surface area contributed by atoms with Crippen molar-refractivity contribution in [3.63, 3.8) is 0 Å². The van der Waals surface area contributed by atoms with Gasteiger partial charge in [-0.1, -0.05) is 32.0 Å². The van der Waals surface area contributed by atoms with E-state index in [9.17, 15) is 4.39 Å². The molecule has 0 saturated carbocycles. The van der Waals surface area contributed by atoms with Crippen LogP contribution in [-0.2, 0) is 0 Å². The third-order valence-electron chi connectivity index (χ3n) is 3.87. The maximum Gasteiger partial charge on any atom is 0.123 e. The Morgan fingerprint density at radius 2 is 1.74 bits per heavy atom. The van der Waals surface area contributed by atoms with Gasteiger partial charge in [0.2, 0.25) is 0 Å². The average Bonchev–Trinajstić information content (AvgIpc) is 2.53. The summed E-state index contributed by atoms with van der Waals surface area (Å²) in [6.07, 6.45) is 0. The molecular formula is C20H21FN2. The second-order valence-corrected chi connectivity index (χ2v) is 6.33. The van der Waals surface area contributed by atoms with E-state index in [0.717, 1.165) is 34.4 Å². The van der Waals surface area contributed by atoms with Crippen LogP contribution >= 0.6 is 0 Å². The second-order valence-electron chi connectivity index (χ2n) is 6.33. The van der Waals surface area contributed by atoms with Gasteiger partial charge in [0.25, 0.3) is 0 Å². The molecule has 1 heterocycles. The van der Waals surface area contributed by atoms with Crippen molar-refractivity contribution in [2.24, 2.45) is 5.92 Å². The van der Waals surface area contributed by atoms with E-state index in [1.165, 1.54) is 12.1 Å². The van der Waals surface area contributed by atoms with Crippen LogP contribution in [0.15, 0.2) is 54.6 Å². The minimum absolute atomic E-state index is 0.230. The number of hydrogen-bond donors (Lipinski definition) is 0. The van der Waals surface area contributed by atoms with Crippen molar-refractivity contribution in [3.8, 4) is 11.3 Å². The van der Waals surface area contributed by atoms with Gasteiger partial charge >= 0.3 is 0 Å². The molecule has 0 radical (unpaired) electrons. The fourth-order valence-corrected chi connectivity index (χ4v) is 2.86. The van der Waals surface area contributed by atoms with E-state index in [0.29, 0.717) is 5.92 Å². The number of pyridine rings is 1. The molecule has 0 unspecified atom stereocenters. The summed E-state index contributed by atoms with van der Waals surface area (Å²) in [5.74, 6) is 0.319. The zero-order valence-corrected chi connectivity index (χ0v) is 13.8. The molecule has 0 amide bonds. The predicted octanol–water partition coefficient (Wildman–Crippen LogP) is 5.13. The Morgan fingerprint density at radius 1 is 1.04 bits per heavy atom. The quantitative estimate of drug-likeness (QED) is 0.664. The number of nitrogens with zero attached hydrogens (tertiary/aromatic N) is 2. The maximum atomic E-state index is 13.3. The van der Waals surface area contributed by atoms with Gasteiger partial charge in [-0.25, -0.2) is 9.37 Å². The van der Waals surface area contributed by atoms with Gasteiger partial charge in [-0.05, 0) is 42.3 Å². The van der Waals surface area contributed by atoms with Crippen molar-refractivity contribution >= 4 is 16.6 Å². The fraction of sp³-hybridized carbons (Fsp3) is 0.250. The highest BCUT2D eigenvalue weighted by Gasteiger charge is 2.14. The molecule has 2 aromatic carbocycles. The molecule has 0 aliphatic carbocycles. The molecule has 0 fully saturated rings. The first-order valence-electron chi connectivity index (χ1n) is 7.91. The largest absolute Gasteiger partial charge is 0.373 e. The first kappa shape index (κ1) is 15.5. The lowest BCUT2D eigenvalue weighted by atomic mass is 10.1. The van der Waals surface area contributed by atoms with Crippen LogP contribution in [0.1, 0.15) is 13.8 Å². The number of hydrogen-bond acceptors (Lipinski definition) is 2. The molecule has 0 N–H and O–H groups in total. The molecule has 1 aromatic heterocycles. The van der Waals surface area contributed by atoms with Crippen molar-refractivity contribution in [1.29, 1.82) is 0 Å². The molecule has 0 atom stereocenters. The van der Waals surface area contributed by atoms with E-state index in [-0.39, 0.29) is 5.82 Å². The highest BCUT2D eigenvalue weighted by atomic mass is 19.1. The van der Waals surface area contributed by atoms with Crippen LogP contribution in [0.2, 0.25) is 0 Å². The van der Waals surface area contributed by atoms with Crippen LogP contribution in [0.25, 0.3) is 22.2 Å². The Bertz CT molecular complexity index is 809. The Hall–Kier alpha value is -2.42. The summed E-state index contributed by atoms with van der Waals surface area (Å²) in [5.41, 5.74) is 3.85. The summed E-state index contributed by atoms with van der Waals surface area (Å²) >= 11 is 0. The van der Waals surface area contributed by atoms with Crippen LogP contribution < -0.4 is 4.90 Å². The van der Waals surface area contributed by atoms with Gasteiger partial charge in [-0.2, -0.15) is 0 Å². The zero-order chi connectivity index (χ0) is 16.4. The molecule has 118 valence electrons. The summed E-state index contributed by atoms with van der Waals surface area (Å²) in [6, 6.07) is 16.8. The molecular weight excluding hydrogens is 287 g/mol. The van der Waals surface area contributed by atoms with E-state index >= 15 is 0 Å². The molecule has 0 bridgehead atoms. The number of fused-ring (bicyclic) bond motifs is 1. The fourth-order valence-electron chi connectivity index (χ4n) is 2.86. The molecule has 0 saturated heterocycles. The first-order valence-corrected chi connectivity index (χ1v) is 7.91. The SMILES string of the molecule is CC(C)CN(C)c1cc2ccccc2nc1-c1ccc(F)cc1. The lowest BCUT2D eigenvalue weighted by molar-refractivity contribution is 0.628. The highest BCUT2D eigenvalue weighted by Crippen LogP contribution is 2.32. The standard InChI is InChI=1S/C20H21FN2/c1-14(2)13-23(3)19-12-16-6-4-5-7-18(16)22-20(19)15-8-10-17(21)11-9-15/h4-12,14H,13H2,1-3H3. The third-order valence-corrected chi connectivity index (χ3v) is 3.87. The number of aromatic nitrogens is 1. The normalized spacial score (nSPS) is 11.2. The van der Waals surface area contributed by atoms with Crippen LogP contribution in [0, 0.1) is 11.7 Å². The number of halogens is 1. The molecule has 2 nitrogen and oxygen atoms in total. The molecule has 0 spiro atoms. The summed E-state index contributed by atoms with van der Waals surface area (Å²) in [7, 11) is 2.08.